The van der Waals surface area contributed by atoms with Crippen molar-refractivity contribution in [3.63, 3.8) is 0 Å². The predicted octanol–water partition coefficient (Wildman–Crippen LogP) is 5.05. The van der Waals surface area contributed by atoms with Crippen LogP contribution < -0.4 is 0 Å². The molecule has 1 nitrogen and oxygen atoms in total. The first-order valence-corrected chi connectivity index (χ1v) is 7.05. The Labute approximate surface area is 105 Å². The molecule has 0 aromatic carbocycles. The number of aliphatic imine (C=N–C) groups is 1. The molecular formula is C14H25NS. The molecule has 0 fully saturated rings. The quantitative estimate of drug-likeness (QED) is 0.656. The molecule has 1 aliphatic heterocycles. The standard InChI is InChI=1S/C12H19NS.C2H6/c1-6-13-11-9(4)7-14-12(11)10(5)8(2)3;1-2/h7-8H,6H2,1-5H3;1-2H3/b12-10-,13-11?;. The molecule has 0 aliphatic carbocycles. The molecule has 1 rings (SSSR count). The topological polar surface area (TPSA) is 12.4 Å². The van der Waals surface area contributed by atoms with Gasteiger partial charge in [0, 0.05) is 11.4 Å². The van der Waals surface area contributed by atoms with Crippen molar-refractivity contribution in [2.75, 3.05) is 6.54 Å². The average Bonchev–Trinajstić information content (AvgIpc) is 2.63. The van der Waals surface area contributed by atoms with E-state index in [1.807, 2.05) is 25.6 Å². The van der Waals surface area contributed by atoms with Gasteiger partial charge in [-0.2, -0.15) is 0 Å². The molecule has 0 amide bonds. The van der Waals surface area contributed by atoms with E-state index in [1.54, 1.807) is 0 Å². The van der Waals surface area contributed by atoms with Crippen LogP contribution in [0.3, 0.4) is 0 Å². The first-order valence-electron chi connectivity index (χ1n) is 6.17. The van der Waals surface area contributed by atoms with Crippen molar-refractivity contribution in [2.24, 2.45) is 10.9 Å². The number of hydrogen-bond acceptors (Lipinski definition) is 2. The van der Waals surface area contributed by atoms with E-state index in [9.17, 15) is 0 Å². The van der Waals surface area contributed by atoms with Gasteiger partial charge in [0.05, 0.1) is 5.71 Å². The highest BCUT2D eigenvalue weighted by atomic mass is 32.2. The molecule has 0 N–H and O–H groups in total. The second kappa shape index (κ2) is 7.72. The minimum atomic E-state index is 0.610. The maximum absolute atomic E-state index is 4.56. The Morgan fingerprint density at radius 2 is 1.94 bits per heavy atom. The summed E-state index contributed by atoms with van der Waals surface area (Å²) in [5.41, 5.74) is 3.98. The van der Waals surface area contributed by atoms with E-state index in [-0.39, 0.29) is 0 Å². The maximum Gasteiger partial charge on any atom is 0.0747 e. The Morgan fingerprint density at radius 1 is 1.38 bits per heavy atom. The van der Waals surface area contributed by atoms with Crippen LogP contribution in [0, 0.1) is 5.92 Å². The molecule has 0 spiro atoms. The van der Waals surface area contributed by atoms with Crippen LogP contribution in [0.1, 0.15) is 48.5 Å². The third-order valence-corrected chi connectivity index (χ3v) is 3.70. The molecule has 0 bridgehead atoms. The van der Waals surface area contributed by atoms with Crippen molar-refractivity contribution < 1.29 is 0 Å². The third-order valence-electron chi connectivity index (χ3n) is 2.48. The lowest BCUT2D eigenvalue weighted by molar-refractivity contribution is 0.769. The summed E-state index contributed by atoms with van der Waals surface area (Å²) in [6, 6.07) is 0. The molecule has 0 saturated carbocycles. The van der Waals surface area contributed by atoms with Crippen molar-refractivity contribution in [3.05, 3.63) is 21.5 Å². The van der Waals surface area contributed by atoms with Crippen LogP contribution in [-0.4, -0.2) is 12.3 Å². The van der Waals surface area contributed by atoms with Gasteiger partial charge in [0.2, 0.25) is 0 Å². The summed E-state index contributed by atoms with van der Waals surface area (Å²) in [5, 5.41) is 2.20. The zero-order valence-electron chi connectivity index (χ0n) is 11.7. The molecule has 0 atom stereocenters. The summed E-state index contributed by atoms with van der Waals surface area (Å²) >= 11 is 1.82. The molecule has 0 aromatic heterocycles. The van der Waals surface area contributed by atoms with Crippen LogP contribution in [-0.2, 0) is 0 Å². The fraction of sp³-hybridized carbons (Fsp3) is 0.643. The number of thioether (sulfide) groups is 1. The van der Waals surface area contributed by atoms with Crippen molar-refractivity contribution in [3.8, 4) is 0 Å². The molecule has 16 heavy (non-hydrogen) atoms. The van der Waals surface area contributed by atoms with Gasteiger partial charge in [-0.3, -0.25) is 4.99 Å². The van der Waals surface area contributed by atoms with E-state index in [0.29, 0.717) is 5.92 Å². The van der Waals surface area contributed by atoms with Gasteiger partial charge in [-0.25, -0.2) is 0 Å². The average molecular weight is 239 g/mol. The van der Waals surface area contributed by atoms with Gasteiger partial charge in [0.1, 0.15) is 0 Å². The Kier molecular flexibility index (Phi) is 7.48. The van der Waals surface area contributed by atoms with Gasteiger partial charge in [0.25, 0.3) is 0 Å². The molecule has 0 aromatic rings. The fourth-order valence-corrected chi connectivity index (χ4v) is 2.50. The Morgan fingerprint density at radius 3 is 2.38 bits per heavy atom. The van der Waals surface area contributed by atoms with Crippen LogP contribution in [0.4, 0.5) is 0 Å². The number of nitrogens with zero attached hydrogens (tertiary/aromatic N) is 1. The van der Waals surface area contributed by atoms with Crippen molar-refractivity contribution in [2.45, 2.75) is 48.5 Å². The number of allylic oxidation sites excluding steroid dienone is 3. The second-order valence-corrected chi connectivity index (χ2v) is 4.79. The Bertz CT molecular complexity index is 309. The maximum atomic E-state index is 4.56. The van der Waals surface area contributed by atoms with Gasteiger partial charge in [-0.1, -0.05) is 45.0 Å². The smallest absolute Gasteiger partial charge is 0.0747 e. The molecule has 1 aliphatic rings. The molecule has 0 radical (unpaired) electrons. The van der Waals surface area contributed by atoms with E-state index < -0.39 is 0 Å². The van der Waals surface area contributed by atoms with Crippen LogP contribution in [0.15, 0.2) is 26.5 Å². The predicted molar refractivity (Wildman–Crippen MR) is 78.2 cm³/mol. The van der Waals surface area contributed by atoms with Crippen molar-refractivity contribution in [1.29, 1.82) is 0 Å². The van der Waals surface area contributed by atoms with Gasteiger partial charge in [-0.05, 0) is 37.7 Å². The van der Waals surface area contributed by atoms with Crippen LogP contribution >= 0.6 is 11.8 Å². The van der Waals surface area contributed by atoms with Crippen molar-refractivity contribution >= 4 is 17.5 Å². The summed E-state index contributed by atoms with van der Waals surface area (Å²) in [6.07, 6.45) is 0. The van der Waals surface area contributed by atoms with Gasteiger partial charge < -0.3 is 0 Å². The minimum Gasteiger partial charge on any atom is -0.284 e. The van der Waals surface area contributed by atoms with E-state index in [1.165, 1.54) is 21.8 Å². The van der Waals surface area contributed by atoms with Crippen molar-refractivity contribution in [1.82, 2.24) is 0 Å². The zero-order chi connectivity index (χ0) is 12.7. The number of hydrogen-bond donors (Lipinski definition) is 0. The van der Waals surface area contributed by atoms with Gasteiger partial charge >= 0.3 is 0 Å². The minimum absolute atomic E-state index is 0.610. The number of rotatable bonds is 2. The largest absolute Gasteiger partial charge is 0.284 e. The molecule has 2 heteroatoms. The highest BCUT2D eigenvalue weighted by molar-refractivity contribution is 8.07. The Hall–Kier alpha value is -0.500. The highest BCUT2D eigenvalue weighted by Crippen LogP contribution is 2.35. The molecular weight excluding hydrogens is 214 g/mol. The molecule has 92 valence electrons. The summed E-state index contributed by atoms with van der Waals surface area (Å²) in [6.45, 7) is 15.8. The summed E-state index contributed by atoms with van der Waals surface area (Å²) < 4.78 is 0. The van der Waals surface area contributed by atoms with E-state index in [0.717, 1.165) is 6.54 Å². The second-order valence-electron chi connectivity index (χ2n) is 3.91. The van der Waals surface area contributed by atoms with Gasteiger partial charge in [-0.15, -0.1) is 0 Å². The first kappa shape index (κ1) is 15.5. The summed E-state index contributed by atoms with van der Waals surface area (Å²) in [4.78, 5) is 5.93. The SMILES string of the molecule is CC.CCN=C1C(C)=CS/C1=C(/C)C(C)C. The lowest BCUT2D eigenvalue weighted by Crippen LogP contribution is -2.03. The normalized spacial score (nSPS) is 20.8. The lowest BCUT2D eigenvalue weighted by Gasteiger charge is -2.10. The lowest BCUT2D eigenvalue weighted by atomic mass is 10.0. The molecule has 0 unspecified atom stereocenters. The molecule has 1 heterocycles. The molecule has 0 saturated heterocycles. The van der Waals surface area contributed by atoms with E-state index >= 15 is 0 Å². The van der Waals surface area contributed by atoms with E-state index in [2.05, 4.69) is 45.0 Å². The monoisotopic (exact) mass is 239 g/mol. The summed E-state index contributed by atoms with van der Waals surface area (Å²) in [5.74, 6) is 0.610. The fourth-order valence-electron chi connectivity index (χ4n) is 1.33. The van der Waals surface area contributed by atoms with Crippen LogP contribution in [0.25, 0.3) is 0 Å². The zero-order valence-corrected chi connectivity index (χ0v) is 12.5. The van der Waals surface area contributed by atoms with Gasteiger partial charge in [0.15, 0.2) is 0 Å². The van der Waals surface area contributed by atoms with Crippen LogP contribution in [0.2, 0.25) is 0 Å². The first-order chi connectivity index (χ1) is 7.57. The summed E-state index contributed by atoms with van der Waals surface area (Å²) in [7, 11) is 0. The third kappa shape index (κ3) is 3.82. The highest BCUT2D eigenvalue weighted by Gasteiger charge is 2.19. The Balaban J connectivity index is 0.00000106. The van der Waals surface area contributed by atoms with E-state index in [4.69, 9.17) is 0 Å². The van der Waals surface area contributed by atoms with Crippen LogP contribution in [0.5, 0.6) is 0 Å².